The van der Waals surface area contributed by atoms with Crippen LogP contribution in [-0.2, 0) is 0 Å². The lowest BCUT2D eigenvalue weighted by atomic mass is 9.94. The first-order valence-corrected chi connectivity index (χ1v) is 8.78. The predicted octanol–water partition coefficient (Wildman–Crippen LogP) is 4.40. The van der Waals surface area contributed by atoms with Crippen molar-refractivity contribution >= 4 is 11.3 Å². The fourth-order valence-electron chi connectivity index (χ4n) is 3.91. The minimum Gasteiger partial charge on any atom is -0.371 e. The summed E-state index contributed by atoms with van der Waals surface area (Å²) in [6, 6.07) is 5.57. The first-order chi connectivity index (χ1) is 10.6. The molecule has 1 aromatic rings. The number of anilines is 1. The van der Waals surface area contributed by atoms with Crippen LogP contribution in [0.4, 0.5) is 5.69 Å². The maximum Gasteiger partial charge on any atom is 0.0404 e. The van der Waals surface area contributed by atoms with Crippen molar-refractivity contribution in [2.45, 2.75) is 52.0 Å². The molecule has 0 N–H and O–H groups in total. The maximum absolute atomic E-state index is 2.55. The highest BCUT2D eigenvalue weighted by atomic mass is 15.1. The summed E-state index contributed by atoms with van der Waals surface area (Å²) in [4.78, 5) is 4.93. The van der Waals surface area contributed by atoms with E-state index in [1.54, 1.807) is 0 Å². The quantitative estimate of drug-likeness (QED) is 0.816. The van der Waals surface area contributed by atoms with Crippen molar-refractivity contribution in [3.63, 3.8) is 0 Å². The molecule has 0 saturated heterocycles. The average Bonchev–Trinajstić information content (AvgIpc) is 3.04. The van der Waals surface area contributed by atoms with E-state index < -0.39 is 0 Å². The second-order valence-corrected chi connectivity index (χ2v) is 7.23. The molecule has 2 heteroatoms. The summed E-state index contributed by atoms with van der Waals surface area (Å²) in [6.07, 6.45) is 9.08. The van der Waals surface area contributed by atoms with E-state index in [1.807, 2.05) is 0 Å². The topological polar surface area (TPSA) is 6.48 Å². The number of hydrogen-bond acceptors (Lipinski definition) is 2. The lowest BCUT2D eigenvalue weighted by Gasteiger charge is -2.30. The first-order valence-electron chi connectivity index (χ1n) is 8.78. The van der Waals surface area contributed by atoms with E-state index in [9.17, 15) is 0 Å². The van der Waals surface area contributed by atoms with Gasteiger partial charge >= 0.3 is 0 Å². The van der Waals surface area contributed by atoms with Gasteiger partial charge in [0.15, 0.2) is 0 Å². The van der Waals surface area contributed by atoms with Gasteiger partial charge in [0.2, 0.25) is 0 Å². The van der Waals surface area contributed by atoms with Gasteiger partial charge in [0.25, 0.3) is 0 Å². The summed E-state index contributed by atoms with van der Waals surface area (Å²) in [5, 5.41) is 0. The van der Waals surface area contributed by atoms with E-state index >= 15 is 0 Å². The van der Waals surface area contributed by atoms with Crippen LogP contribution in [-0.4, -0.2) is 38.1 Å². The average molecular weight is 298 g/mol. The van der Waals surface area contributed by atoms with Crippen LogP contribution in [0, 0.1) is 13.8 Å². The number of benzene rings is 1. The fraction of sp³-hybridized carbons (Fsp3) is 0.600. The van der Waals surface area contributed by atoms with Crippen molar-refractivity contribution in [3.8, 4) is 0 Å². The van der Waals surface area contributed by atoms with E-state index in [1.165, 1.54) is 66.6 Å². The zero-order valence-corrected chi connectivity index (χ0v) is 14.7. The summed E-state index contributed by atoms with van der Waals surface area (Å²) in [7, 11) is 4.50. The minimum absolute atomic E-state index is 0.736. The highest BCUT2D eigenvalue weighted by molar-refractivity contribution is 5.73. The summed E-state index contributed by atoms with van der Waals surface area (Å²) in [5.41, 5.74) is 7.30. The molecule has 1 aliphatic carbocycles. The van der Waals surface area contributed by atoms with E-state index in [2.05, 4.69) is 56.0 Å². The van der Waals surface area contributed by atoms with Crippen molar-refractivity contribution < 1.29 is 0 Å². The summed E-state index contributed by atoms with van der Waals surface area (Å²) >= 11 is 0. The van der Waals surface area contributed by atoms with Gasteiger partial charge in [0.1, 0.15) is 0 Å². The molecule has 1 heterocycles. The molecule has 120 valence electrons. The highest BCUT2D eigenvalue weighted by Gasteiger charge is 2.22. The van der Waals surface area contributed by atoms with E-state index in [-0.39, 0.29) is 0 Å². The molecule has 2 aliphatic rings. The van der Waals surface area contributed by atoms with Crippen molar-refractivity contribution in [2.24, 2.45) is 0 Å². The molecule has 1 fully saturated rings. The Labute approximate surface area is 135 Å². The van der Waals surface area contributed by atoms with Crippen molar-refractivity contribution in [2.75, 3.05) is 32.1 Å². The van der Waals surface area contributed by atoms with Crippen molar-refractivity contribution in [1.29, 1.82) is 0 Å². The van der Waals surface area contributed by atoms with Gasteiger partial charge < -0.3 is 9.80 Å². The summed E-state index contributed by atoms with van der Waals surface area (Å²) in [5.74, 6) is 0. The molecule has 0 unspecified atom stereocenters. The Morgan fingerprint density at radius 2 is 1.86 bits per heavy atom. The molecular weight excluding hydrogens is 268 g/mol. The van der Waals surface area contributed by atoms with E-state index in [0.717, 1.165) is 12.6 Å². The van der Waals surface area contributed by atoms with Gasteiger partial charge in [-0.2, -0.15) is 0 Å². The Morgan fingerprint density at radius 3 is 2.50 bits per heavy atom. The maximum atomic E-state index is 2.55. The molecule has 2 nitrogen and oxygen atoms in total. The molecule has 0 radical (unpaired) electrons. The molecular formula is C20H30N2. The Hall–Kier alpha value is -1.28. The number of nitrogens with zero attached hydrogens (tertiary/aromatic N) is 2. The van der Waals surface area contributed by atoms with Gasteiger partial charge in [-0.25, -0.2) is 0 Å². The third-order valence-electron chi connectivity index (χ3n) is 5.68. The van der Waals surface area contributed by atoms with Gasteiger partial charge in [-0.05, 0) is 68.5 Å². The van der Waals surface area contributed by atoms with Gasteiger partial charge in [-0.15, -0.1) is 0 Å². The second-order valence-electron chi connectivity index (χ2n) is 7.23. The number of hydrogen-bond donors (Lipinski definition) is 0. The second kappa shape index (κ2) is 6.45. The third-order valence-corrected chi connectivity index (χ3v) is 5.68. The monoisotopic (exact) mass is 298 g/mol. The molecule has 1 saturated carbocycles. The van der Waals surface area contributed by atoms with Crippen LogP contribution < -0.4 is 4.90 Å². The molecule has 0 atom stereocenters. The Bertz CT molecular complexity index is 567. The van der Waals surface area contributed by atoms with Crippen LogP contribution in [0.1, 0.15) is 48.8 Å². The van der Waals surface area contributed by atoms with Gasteiger partial charge in [0, 0.05) is 31.9 Å². The molecule has 0 amide bonds. The molecule has 0 bridgehead atoms. The van der Waals surface area contributed by atoms with Crippen molar-refractivity contribution in [3.05, 3.63) is 34.9 Å². The minimum atomic E-state index is 0.736. The first kappa shape index (κ1) is 15.6. The molecule has 22 heavy (non-hydrogen) atoms. The molecule has 0 spiro atoms. The Kier molecular flexibility index (Phi) is 4.58. The van der Waals surface area contributed by atoms with Gasteiger partial charge in [-0.3, -0.25) is 0 Å². The molecule has 3 rings (SSSR count). The van der Waals surface area contributed by atoms with Crippen LogP contribution in [0.25, 0.3) is 5.57 Å². The van der Waals surface area contributed by atoms with Crippen LogP contribution in [0.3, 0.4) is 0 Å². The Balaban J connectivity index is 1.93. The SMILES string of the molecule is Cc1cc(C2=CCN(C)CC2)cc(N(C)C2CCCC2)c1C. The van der Waals surface area contributed by atoms with Crippen LogP contribution in [0.2, 0.25) is 0 Å². The number of rotatable bonds is 3. The lowest BCUT2D eigenvalue weighted by molar-refractivity contribution is 0.370. The molecule has 1 aliphatic heterocycles. The highest BCUT2D eigenvalue weighted by Crippen LogP contribution is 2.34. The number of aryl methyl sites for hydroxylation is 1. The van der Waals surface area contributed by atoms with Gasteiger partial charge in [-0.1, -0.05) is 25.0 Å². The standard InChI is InChI=1S/C20H30N2/c1-15-13-18(17-9-11-21(3)12-10-17)14-20(16(15)2)22(4)19-7-5-6-8-19/h9,13-14,19H,5-8,10-12H2,1-4H3. The van der Waals surface area contributed by atoms with E-state index in [0.29, 0.717) is 0 Å². The zero-order valence-electron chi connectivity index (χ0n) is 14.7. The molecule has 0 aromatic heterocycles. The number of likely N-dealkylation sites (N-methyl/N-ethyl adjacent to an activating group) is 1. The Morgan fingerprint density at radius 1 is 1.14 bits per heavy atom. The van der Waals surface area contributed by atoms with E-state index in [4.69, 9.17) is 0 Å². The van der Waals surface area contributed by atoms with Crippen LogP contribution in [0.15, 0.2) is 18.2 Å². The smallest absolute Gasteiger partial charge is 0.0404 e. The van der Waals surface area contributed by atoms with Crippen LogP contribution in [0.5, 0.6) is 0 Å². The lowest BCUT2D eigenvalue weighted by Crippen LogP contribution is -2.29. The summed E-state index contributed by atoms with van der Waals surface area (Å²) in [6.45, 7) is 6.80. The predicted molar refractivity (Wildman–Crippen MR) is 96.7 cm³/mol. The largest absolute Gasteiger partial charge is 0.371 e. The van der Waals surface area contributed by atoms with Gasteiger partial charge in [0.05, 0.1) is 0 Å². The normalized spacial score (nSPS) is 20.3. The fourth-order valence-corrected chi connectivity index (χ4v) is 3.91. The molecule has 1 aromatic carbocycles. The van der Waals surface area contributed by atoms with Crippen molar-refractivity contribution in [1.82, 2.24) is 4.90 Å². The zero-order chi connectivity index (χ0) is 15.7. The van der Waals surface area contributed by atoms with Crippen LogP contribution >= 0.6 is 0 Å². The third kappa shape index (κ3) is 3.08. The summed E-state index contributed by atoms with van der Waals surface area (Å²) < 4.78 is 0.